The molecule has 0 spiro atoms. The van der Waals surface area contributed by atoms with Crippen LogP contribution in [0.25, 0.3) is 0 Å². The molecular formula is C12H9BrN4. The highest BCUT2D eigenvalue weighted by atomic mass is 79.9. The van der Waals surface area contributed by atoms with E-state index in [2.05, 4.69) is 31.2 Å². The van der Waals surface area contributed by atoms with Crippen molar-refractivity contribution in [2.75, 3.05) is 5.32 Å². The van der Waals surface area contributed by atoms with Gasteiger partial charge in [0, 0.05) is 11.0 Å². The summed E-state index contributed by atoms with van der Waals surface area (Å²) in [6.45, 7) is 0.655. The van der Waals surface area contributed by atoms with E-state index in [4.69, 9.17) is 5.26 Å². The van der Waals surface area contributed by atoms with E-state index in [1.54, 1.807) is 6.20 Å². The van der Waals surface area contributed by atoms with Gasteiger partial charge in [-0.05, 0) is 11.6 Å². The molecule has 0 aliphatic heterocycles. The fourth-order valence-corrected chi connectivity index (χ4v) is 1.73. The van der Waals surface area contributed by atoms with Crippen molar-refractivity contribution in [3.63, 3.8) is 0 Å². The minimum Gasteiger partial charge on any atom is -0.365 e. The van der Waals surface area contributed by atoms with Gasteiger partial charge in [-0.2, -0.15) is 5.26 Å². The van der Waals surface area contributed by atoms with Crippen molar-refractivity contribution >= 4 is 21.7 Å². The monoisotopic (exact) mass is 288 g/mol. The SMILES string of the molecule is N#Cc1cnc(NCc2ccccc2Br)cn1. The maximum absolute atomic E-state index is 8.59. The second kappa shape index (κ2) is 5.41. The lowest BCUT2D eigenvalue weighted by Gasteiger charge is -2.06. The molecule has 17 heavy (non-hydrogen) atoms. The van der Waals surface area contributed by atoms with Crippen molar-refractivity contribution in [2.45, 2.75) is 6.54 Å². The molecule has 0 aliphatic rings. The highest BCUT2D eigenvalue weighted by Gasteiger charge is 1.99. The fraction of sp³-hybridized carbons (Fsp3) is 0.0833. The molecule has 0 atom stereocenters. The number of halogens is 1. The van der Waals surface area contributed by atoms with Crippen LogP contribution in [0, 0.1) is 11.3 Å². The van der Waals surface area contributed by atoms with Gasteiger partial charge in [0.05, 0.1) is 12.4 Å². The molecule has 1 heterocycles. The highest BCUT2D eigenvalue weighted by molar-refractivity contribution is 9.10. The van der Waals surface area contributed by atoms with Gasteiger partial charge in [0.2, 0.25) is 0 Å². The van der Waals surface area contributed by atoms with E-state index in [-0.39, 0.29) is 0 Å². The Bertz CT molecular complexity index is 545. The van der Waals surface area contributed by atoms with Crippen LogP contribution in [-0.2, 0) is 6.54 Å². The molecule has 0 unspecified atom stereocenters. The zero-order chi connectivity index (χ0) is 12.1. The molecule has 0 bridgehead atoms. The summed E-state index contributed by atoms with van der Waals surface area (Å²) in [6.07, 6.45) is 3.00. The van der Waals surface area contributed by atoms with E-state index < -0.39 is 0 Å². The molecule has 0 saturated heterocycles. The van der Waals surface area contributed by atoms with Crippen molar-refractivity contribution < 1.29 is 0 Å². The molecule has 0 radical (unpaired) electrons. The van der Waals surface area contributed by atoms with Gasteiger partial charge in [0.25, 0.3) is 0 Å². The third-order valence-electron chi connectivity index (χ3n) is 2.18. The Morgan fingerprint density at radius 3 is 2.71 bits per heavy atom. The molecule has 1 aromatic heterocycles. The van der Waals surface area contributed by atoms with Gasteiger partial charge in [-0.15, -0.1) is 0 Å². The van der Waals surface area contributed by atoms with E-state index in [1.165, 1.54) is 6.20 Å². The second-order valence-electron chi connectivity index (χ2n) is 3.34. The first-order valence-electron chi connectivity index (χ1n) is 4.99. The minimum absolute atomic E-state index is 0.316. The predicted octanol–water partition coefficient (Wildman–Crippen LogP) is 2.72. The van der Waals surface area contributed by atoms with Gasteiger partial charge >= 0.3 is 0 Å². The summed E-state index contributed by atoms with van der Waals surface area (Å²) in [5, 5.41) is 11.7. The van der Waals surface area contributed by atoms with E-state index in [0.29, 0.717) is 18.1 Å². The van der Waals surface area contributed by atoms with Gasteiger partial charge in [0.15, 0.2) is 5.69 Å². The molecule has 5 heteroatoms. The molecular weight excluding hydrogens is 280 g/mol. The van der Waals surface area contributed by atoms with Crippen molar-refractivity contribution in [3.05, 3.63) is 52.4 Å². The third kappa shape index (κ3) is 3.02. The molecule has 2 aromatic rings. The van der Waals surface area contributed by atoms with Crippen molar-refractivity contribution in [1.29, 1.82) is 5.26 Å². The normalized spacial score (nSPS) is 9.65. The highest BCUT2D eigenvalue weighted by Crippen LogP contribution is 2.16. The summed E-state index contributed by atoms with van der Waals surface area (Å²) >= 11 is 3.47. The summed E-state index contributed by atoms with van der Waals surface area (Å²) < 4.78 is 1.05. The number of rotatable bonds is 3. The van der Waals surface area contributed by atoms with Gasteiger partial charge < -0.3 is 5.32 Å². The van der Waals surface area contributed by atoms with Gasteiger partial charge in [-0.3, -0.25) is 0 Å². The maximum atomic E-state index is 8.59. The van der Waals surface area contributed by atoms with Crippen LogP contribution < -0.4 is 5.32 Å². The number of aromatic nitrogens is 2. The number of hydrogen-bond acceptors (Lipinski definition) is 4. The van der Waals surface area contributed by atoms with Crippen LogP contribution in [0.1, 0.15) is 11.3 Å². The van der Waals surface area contributed by atoms with Crippen molar-refractivity contribution in [1.82, 2.24) is 9.97 Å². The standard InChI is InChI=1S/C12H9BrN4/c13-11-4-2-1-3-9(11)6-16-12-8-15-10(5-14)7-17-12/h1-4,7-8H,6H2,(H,16,17). The molecule has 0 amide bonds. The maximum Gasteiger partial charge on any atom is 0.158 e. The Morgan fingerprint density at radius 2 is 2.06 bits per heavy atom. The lowest BCUT2D eigenvalue weighted by molar-refractivity contribution is 1.07. The minimum atomic E-state index is 0.316. The Hall–Kier alpha value is -1.93. The molecule has 4 nitrogen and oxygen atoms in total. The van der Waals surface area contributed by atoms with Crippen LogP contribution in [0.5, 0.6) is 0 Å². The van der Waals surface area contributed by atoms with Crippen molar-refractivity contribution in [3.8, 4) is 6.07 Å². The number of hydrogen-bond donors (Lipinski definition) is 1. The number of anilines is 1. The van der Waals surface area contributed by atoms with Gasteiger partial charge in [-0.1, -0.05) is 34.1 Å². The number of benzene rings is 1. The Kier molecular flexibility index (Phi) is 3.68. The summed E-state index contributed by atoms with van der Waals surface area (Å²) in [6, 6.07) is 9.88. The lowest BCUT2D eigenvalue weighted by atomic mass is 10.2. The average Bonchev–Trinajstić information content (AvgIpc) is 2.38. The first kappa shape index (κ1) is 11.6. The molecule has 0 fully saturated rings. The number of nitriles is 1. The van der Waals surface area contributed by atoms with Crippen LogP contribution in [-0.4, -0.2) is 9.97 Å². The van der Waals surface area contributed by atoms with Crippen LogP contribution >= 0.6 is 15.9 Å². The second-order valence-corrected chi connectivity index (χ2v) is 4.20. The molecule has 0 aliphatic carbocycles. The van der Waals surface area contributed by atoms with Crippen molar-refractivity contribution in [2.24, 2.45) is 0 Å². The molecule has 1 aromatic carbocycles. The number of nitrogens with one attached hydrogen (secondary N) is 1. The first-order valence-corrected chi connectivity index (χ1v) is 5.78. The zero-order valence-corrected chi connectivity index (χ0v) is 10.5. The smallest absolute Gasteiger partial charge is 0.158 e. The molecule has 1 N–H and O–H groups in total. The fourth-order valence-electron chi connectivity index (χ4n) is 1.30. The molecule has 2 rings (SSSR count). The summed E-state index contributed by atoms with van der Waals surface area (Å²) in [7, 11) is 0. The Labute approximate surface area is 107 Å². The summed E-state index contributed by atoms with van der Waals surface area (Å²) in [4.78, 5) is 8.02. The van der Waals surface area contributed by atoms with E-state index >= 15 is 0 Å². The largest absolute Gasteiger partial charge is 0.365 e. The molecule has 0 saturated carbocycles. The lowest BCUT2D eigenvalue weighted by Crippen LogP contribution is -2.02. The molecule has 84 valence electrons. The Morgan fingerprint density at radius 1 is 1.24 bits per heavy atom. The van der Waals surface area contributed by atoms with Gasteiger partial charge in [-0.25, -0.2) is 9.97 Å². The first-order chi connectivity index (χ1) is 8.29. The quantitative estimate of drug-likeness (QED) is 0.943. The van der Waals surface area contributed by atoms with Crippen LogP contribution in [0.3, 0.4) is 0 Å². The van der Waals surface area contributed by atoms with E-state index in [1.807, 2.05) is 30.3 Å². The van der Waals surface area contributed by atoms with Crippen LogP contribution in [0.2, 0.25) is 0 Å². The summed E-state index contributed by atoms with van der Waals surface area (Å²) in [5.74, 6) is 0.653. The third-order valence-corrected chi connectivity index (χ3v) is 2.96. The number of nitrogens with zero attached hydrogens (tertiary/aromatic N) is 3. The van der Waals surface area contributed by atoms with Crippen LogP contribution in [0.4, 0.5) is 5.82 Å². The zero-order valence-electron chi connectivity index (χ0n) is 8.89. The average molecular weight is 289 g/mol. The topological polar surface area (TPSA) is 61.6 Å². The Balaban J connectivity index is 2.03. The predicted molar refractivity (Wildman–Crippen MR) is 68.2 cm³/mol. The van der Waals surface area contributed by atoms with E-state index in [9.17, 15) is 0 Å². The summed E-state index contributed by atoms with van der Waals surface area (Å²) in [5.41, 5.74) is 1.45. The van der Waals surface area contributed by atoms with Crippen LogP contribution in [0.15, 0.2) is 41.1 Å². The van der Waals surface area contributed by atoms with E-state index in [0.717, 1.165) is 10.0 Å². The van der Waals surface area contributed by atoms with Gasteiger partial charge in [0.1, 0.15) is 11.9 Å².